The average Bonchev–Trinajstić information content (AvgIpc) is 2.75. The Morgan fingerprint density at radius 1 is 1.06 bits per heavy atom. The van der Waals surface area contributed by atoms with Crippen molar-refractivity contribution >= 4 is 29.5 Å². The second kappa shape index (κ2) is 11.0. The van der Waals surface area contributed by atoms with Gasteiger partial charge in [-0.2, -0.15) is 0 Å². The lowest BCUT2D eigenvalue weighted by molar-refractivity contribution is -0.155. The van der Waals surface area contributed by atoms with Gasteiger partial charge in [0.05, 0.1) is 12.0 Å². The Kier molecular flexibility index (Phi) is 8.68. The molecule has 0 saturated heterocycles. The number of benzene rings is 2. The van der Waals surface area contributed by atoms with E-state index in [4.69, 9.17) is 14.6 Å². The van der Waals surface area contributed by atoms with Gasteiger partial charge in [-0.05, 0) is 57.0 Å². The summed E-state index contributed by atoms with van der Waals surface area (Å²) in [6.07, 6.45) is 0.700. The fourth-order valence-electron chi connectivity index (χ4n) is 2.65. The molecule has 0 amide bonds. The molecular weight excluding hydrogens is 416 g/mol. The van der Waals surface area contributed by atoms with Crippen LogP contribution in [0, 0.1) is 12.3 Å². The van der Waals surface area contributed by atoms with E-state index >= 15 is 0 Å². The molecule has 1 N–H and O–H groups in total. The lowest BCUT2D eigenvalue weighted by Crippen LogP contribution is -2.25. The van der Waals surface area contributed by atoms with Gasteiger partial charge in [-0.1, -0.05) is 25.1 Å². The maximum absolute atomic E-state index is 12.3. The van der Waals surface area contributed by atoms with E-state index in [0.29, 0.717) is 24.5 Å². The average molecular weight is 445 g/mol. The lowest BCUT2D eigenvalue weighted by atomic mass is 9.91. The molecule has 0 fully saturated rings. The van der Waals surface area contributed by atoms with Gasteiger partial charge < -0.3 is 14.6 Å². The van der Waals surface area contributed by atoms with Crippen LogP contribution in [-0.4, -0.2) is 35.2 Å². The SMILES string of the molecule is CCC(C)(C)C(=O)OCc1cccc(C)c1OCCSc1ccc(C(=O)C(=O)O)cc1. The van der Waals surface area contributed by atoms with E-state index in [1.807, 2.05) is 45.9 Å². The summed E-state index contributed by atoms with van der Waals surface area (Å²) in [5.74, 6) is -1.25. The lowest BCUT2D eigenvalue weighted by Gasteiger charge is -2.21. The Labute approximate surface area is 186 Å². The van der Waals surface area contributed by atoms with Crippen LogP contribution in [-0.2, 0) is 20.9 Å². The van der Waals surface area contributed by atoms with Crippen molar-refractivity contribution in [2.24, 2.45) is 5.41 Å². The van der Waals surface area contributed by atoms with E-state index in [-0.39, 0.29) is 18.1 Å². The predicted molar refractivity (Wildman–Crippen MR) is 120 cm³/mol. The maximum atomic E-state index is 12.3. The molecular formula is C24H28O6S. The molecule has 2 rings (SSSR count). The number of rotatable bonds is 11. The Bertz CT molecular complexity index is 934. The van der Waals surface area contributed by atoms with Crippen molar-refractivity contribution in [3.05, 3.63) is 59.2 Å². The standard InChI is InChI=1S/C24H28O6S/c1-5-24(3,4)23(28)30-15-18-8-6-7-16(2)21(18)29-13-14-31-19-11-9-17(10-12-19)20(25)22(26)27/h6-12H,5,13-15H2,1-4H3,(H,26,27). The van der Waals surface area contributed by atoms with E-state index in [9.17, 15) is 14.4 Å². The zero-order valence-electron chi connectivity index (χ0n) is 18.3. The summed E-state index contributed by atoms with van der Waals surface area (Å²) < 4.78 is 11.5. The molecule has 0 aliphatic heterocycles. The first-order chi connectivity index (χ1) is 14.7. The first-order valence-corrected chi connectivity index (χ1v) is 11.0. The van der Waals surface area contributed by atoms with Crippen LogP contribution in [0.25, 0.3) is 0 Å². The third-order valence-corrected chi connectivity index (χ3v) is 5.97. The molecule has 0 aromatic heterocycles. The zero-order valence-corrected chi connectivity index (χ0v) is 19.1. The van der Waals surface area contributed by atoms with Gasteiger partial charge >= 0.3 is 11.9 Å². The van der Waals surface area contributed by atoms with Gasteiger partial charge in [-0.15, -0.1) is 11.8 Å². The number of Topliss-reactive ketones (excluding diaryl/α,β-unsaturated/α-hetero) is 1. The number of carbonyl (C=O) groups excluding carboxylic acids is 2. The number of aryl methyl sites for hydroxylation is 1. The van der Waals surface area contributed by atoms with Crippen LogP contribution < -0.4 is 4.74 Å². The molecule has 0 aliphatic rings. The van der Waals surface area contributed by atoms with Crippen LogP contribution in [0.1, 0.15) is 48.7 Å². The minimum Gasteiger partial charge on any atom is -0.492 e. The van der Waals surface area contributed by atoms with E-state index in [1.54, 1.807) is 12.1 Å². The number of esters is 1. The summed E-state index contributed by atoms with van der Waals surface area (Å²) in [5.41, 5.74) is 1.41. The summed E-state index contributed by atoms with van der Waals surface area (Å²) in [4.78, 5) is 35.4. The number of carboxylic acid groups (broad SMARTS) is 1. The first kappa shape index (κ1) is 24.5. The monoisotopic (exact) mass is 444 g/mol. The van der Waals surface area contributed by atoms with E-state index in [2.05, 4.69) is 0 Å². The largest absolute Gasteiger partial charge is 0.492 e. The molecule has 0 radical (unpaired) electrons. The Hall–Kier alpha value is -2.80. The molecule has 0 heterocycles. The number of carbonyl (C=O) groups is 3. The molecule has 6 nitrogen and oxygen atoms in total. The fourth-order valence-corrected chi connectivity index (χ4v) is 3.38. The van der Waals surface area contributed by atoms with Crippen molar-refractivity contribution in [3.63, 3.8) is 0 Å². The topological polar surface area (TPSA) is 89.9 Å². The quantitative estimate of drug-likeness (QED) is 0.173. The molecule has 7 heteroatoms. The number of hydrogen-bond donors (Lipinski definition) is 1. The fraction of sp³-hybridized carbons (Fsp3) is 0.375. The van der Waals surface area contributed by atoms with Gasteiger partial charge in [0, 0.05) is 21.8 Å². The smallest absolute Gasteiger partial charge is 0.377 e. The van der Waals surface area contributed by atoms with Gasteiger partial charge in [0.1, 0.15) is 12.4 Å². The molecule has 166 valence electrons. The van der Waals surface area contributed by atoms with Gasteiger partial charge in [0.15, 0.2) is 0 Å². The second-order valence-corrected chi connectivity index (χ2v) is 8.90. The van der Waals surface area contributed by atoms with Gasteiger partial charge in [0.25, 0.3) is 5.78 Å². The van der Waals surface area contributed by atoms with Crippen LogP contribution >= 0.6 is 11.8 Å². The molecule has 0 atom stereocenters. The van der Waals surface area contributed by atoms with Crippen molar-refractivity contribution < 1.29 is 29.0 Å². The molecule has 2 aromatic carbocycles. The zero-order chi connectivity index (χ0) is 23.0. The number of para-hydroxylation sites is 1. The predicted octanol–water partition coefficient (Wildman–Crippen LogP) is 4.91. The number of thioether (sulfide) groups is 1. The number of ketones is 1. The van der Waals surface area contributed by atoms with E-state index in [1.165, 1.54) is 23.9 Å². The summed E-state index contributed by atoms with van der Waals surface area (Å²) in [5, 5.41) is 8.75. The summed E-state index contributed by atoms with van der Waals surface area (Å²) in [7, 11) is 0. The Morgan fingerprint density at radius 3 is 2.35 bits per heavy atom. The summed E-state index contributed by atoms with van der Waals surface area (Å²) in [6, 6.07) is 12.2. The highest BCUT2D eigenvalue weighted by molar-refractivity contribution is 7.99. The van der Waals surface area contributed by atoms with Crippen molar-refractivity contribution in [1.29, 1.82) is 0 Å². The minimum atomic E-state index is -1.47. The van der Waals surface area contributed by atoms with Crippen LogP contribution in [0.5, 0.6) is 5.75 Å². The summed E-state index contributed by atoms with van der Waals surface area (Å²) in [6.45, 7) is 8.23. The highest BCUT2D eigenvalue weighted by Gasteiger charge is 2.27. The van der Waals surface area contributed by atoms with Gasteiger partial charge in [-0.25, -0.2) is 4.79 Å². The Balaban J connectivity index is 1.91. The van der Waals surface area contributed by atoms with Crippen LogP contribution in [0.4, 0.5) is 0 Å². The van der Waals surface area contributed by atoms with Gasteiger partial charge in [0.2, 0.25) is 0 Å². The third kappa shape index (κ3) is 6.85. The third-order valence-electron chi connectivity index (χ3n) is 5.00. The Morgan fingerprint density at radius 2 is 1.74 bits per heavy atom. The van der Waals surface area contributed by atoms with Crippen molar-refractivity contribution in [2.75, 3.05) is 12.4 Å². The normalized spacial score (nSPS) is 11.1. The highest BCUT2D eigenvalue weighted by Crippen LogP contribution is 2.27. The minimum absolute atomic E-state index is 0.151. The number of ether oxygens (including phenoxy) is 2. The second-order valence-electron chi connectivity index (χ2n) is 7.73. The van der Waals surface area contributed by atoms with Crippen molar-refractivity contribution in [3.8, 4) is 5.75 Å². The molecule has 2 aromatic rings. The molecule has 0 spiro atoms. The molecule has 0 bridgehead atoms. The molecule has 0 unspecified atom stereocenters. The van der Waals surface area contributed by atoms with Crippen molar-refractivity contribution in [2.45, 2.75) is 45.6 Å². The molecule has 31 heavy (non-hydrogen) atoms. The molecule has 0 aliphatic carbocycles. The molecule has 0 saturated carbocycles. The number of aliphatic carboxylic acids is 1. The number of hydrogen-bond acceptors (Lipinski definition) is 6. The van der Waals surface area contributed by atoms with Gasteiger partial charge in [-0.3, -0.25) is 9.59 Å². The van der Waals surface area contributed by atoms with Crippen LogP contribution in [0.2, 0.25) is 0 Å². The van der Waals surface area contributed by atoms with Crippen LogP contribution in [0.3, 0.4) is 0 Å². The maximum Gasteiger partial charge on any atom is 0.377 e. The number of carboxylic acids is 1. The van der Waals surface area contributed by atoms with Crippen molar-refractivity contribution in [1.82, 2.24) is 0 Å². The van der Waals surface area contributed by atoms with E-state index in [0.717, 1.165) is 16.0 Å². The van der Waals surface area contributed by atoms with Crippen LogP contribution in [0.15, 0.2) is 47.4 Å². The van der Waals surface area contributed by atoms with E-state index < -0.39 is 17.2 Å². The summed E-state index contributed by atoms with van der Waals surface area (Å²) >= 11 is 1.54. The first-order valence-electron chi connectivity index (χ1n) is 10.0. The highest BCUT2D eigenvalue weighted by atomic mass is 32.2.